The molecule has 2 heterocycles. The molecule has 4 nitrogen and oxygen atoms in total. The Bertz CT molecular complexity index is 803. The molecule has 1 aromatic carbocycles. The van der Waals surface area contributed by atoms with Crippen LogP contribution in [-0.2, 0) is 11.1 Å². The molecule has 1 fully saturated rings. The van der Waals surface area contributed by atoms with E-state index in [1.54, 1.807) is 11.1 Å². The van der Waals surface area contributed by atoms with Gasteiger partial charge >= 0.3 is 6.03 Å². The third-order valence-corrected chi connectivity index (χ3v) is 5.28. The van der Waals surface area contributed by atoms with Crippen LogP contribution in [0, 0.1) is 6.92 Å². The fourth-order valence-corrected chi connectivity index (χ4v) is 3.51. The van der Waals surface area contributed by atoms with Crippen molar-refractivity contribution >= 4 is 11.7 Å². The summed E-state index contributed by atoms with van der Waals surface area (Å²) in [5.74, 6) is 0. The second kappa shape index (κ2) is 7.29. The quantitative estimate of drug-likeness (QED) is 0.793. The third kappa shape index (κ3) is 4.29. The van der Waals surface area contributed by atoms with Crippen LogP contribution in [0.4, 0.5) is 14.9 Å². The molecule has 0 bridgehead atoms. The minimum Gasteiger partial charge on any atom is -0.324 e. The fourth-order valence-electron chi connectivity index (χ4n) is 3.51. The van der Waals surface area contributed by atoms with Gasteiger partial charge in [-0.15, -0.1) is 0 Å². The van der Waals surface area contributed by atoms with Crippen LogP contribution in [0.2, 0.25) is 0 Å². The molecule has 27 heavy (non-hydrogen) atoms. The summed E-state index contributed by atoms with van der Waals surface area (Å²) in [6.45, 7) is 9.09. The number of carbonyl (C=O) groups excluding carboxylic acids is 1. The van der Waals surface area contributed by atoms with Crippen LogP contribution in [0.3, 0.4) is 0 Å². The van der Waals surface area contributed by atoms with Crippen LogP contribution in [-0.4, -0.2) is 29.0 Å². The Hall–Kier alpha value is -2.43. The van der Waals surface area contributed by atoms with Crippen molar-refractivity contribution in [3.8, 4) is 0 Å². The van der Waals surface area contributed by atoms with E-state index in [2.05, 4.69) is 31.1 Å². The van der Waals surface area contributed by atoms with E-state index in [1.807, 2.05) is 43.3 Å². The van der Waals surface area contributed by atoms with Crippen molar-refractivity contribution in [2.75, 3.05) is 18.4 Å². The molecule has 1 N–H and O–H groups in total. The highest BCUT2D eigenvalue weighted by Gasteiger charge is 2.39. The molecular weight excluding hydrogens is 341 g/mol. The number of likely N-dealkylation sites (tertiary alicyclic amines) is 1. The number of piperidine rings is 1. The maximum Gasteiger partial charge on any atom is 0.321 e. The molecule has 0 atom stereocenters. The number of urea groups is 1. The number of benzene rings is 1. The van der Waals surface area contributed by atoms with E-state index in [0.717, 1.165) is 11.3 Å². The summed E-state index contributed by atoms with van der Waals surface area (Å²) in [4.78, 5) is 18.5. The van der Waals surface area contributed by atoms with Gasteiger partial charge in [0.2, 0.25) is 0 Å². The van der Waals surface area contributed by atoms with Gasteiger partial charge in [-0.05, 0) is 41.7 Å². The van der Waals surface area contributed by atoms with E-state index < -0.39 is 5.67 Å². The maximum atomic E-state index is 15.4. The van der Waals surface area contributed by atoms with Crippen molar-refractivity contribution in [1.82, 2.24) is 9.88 Å². The molecule has 144 valence electrons. The van der Waals surface area contributed by atoms with Crippen LogP contribution in [0.5, 0.6) is 0 Å². The van der Waals surface area contributed by atoms with E-state index in [-0.39, 0.29) is 24.3 Å². The first-order chi connectivity index (χ1) is 12.7. The van der Waals surface area contributed by atoms with Gasteiger partial charge < -0.3 is 10.2 Å². The molecule has 2 aromatic rings. The summed E-state index contributed by atoms with van der Waals surface area (Å²) in [5.41, 5.74) is 1.94. The number of hydrogen-bond donors (Lipinski definition) is 1. The van der Waals surface area contributed by atoms with Gasteiger partial charge in [0.25, 0.3) is 0 Å². The standard InChI is InChI=1S/C22H28FN3O/c1-16-6-5-13-24-19(16)22(23)11-14-26(15-12-22)20(27)25-18-9-7-17(8-10-18)21(2,3)4/h5-10,13H,11-12,14-15H2,1-4H3,(H,25,27). The maximum absolute atomic E-state index is 15.4. The minimum absolute atomic E-state index is 0.0729. The zero-order valence-electron chi connectivity index (χ0n) is 16.6. The predicted molar refractivity (Wildman–Crippen MR) is 107 cm³/mol. The Morgan fingerprint density at radius 2 is 1.78 bits per heavy atom. The molecule has 1 aliphatic heterocycles. The average Bonchev–Trinajstić information content (AvgIpc) is 2.62. The van der Waals surface area contributed by atoms with Crippen molar-refractivity contribution < 1.29 is 9.18 Å². The van der Waals surface area contributed by atoms with Gasteiger partial charge in [-0.1, -0.05) is 39.0 Å². The number of aryl methyl sites for hydroxylation is 1. The van der Waals surface area contributed by atoms with Gasteiger partial charge in [0, 0.05) is 37.8 Å². The van der Waals surface area contributed by atoms with Crippen molar-refractivity contribution in [2.24, 2.45) is 0 Å². The highest BCUT2D eigenvalue weighted by molar-refractivity contribution is 5.89. The average molecular weight is 369 g/mol. The zero-order chi connectivity index (χ0) is 19.7. The van der Waals surface area contributed by atoms with Crippen molar-refractivity contribution in [3.05, 3.63) is 59.4 Å². The molecule has 1 aliphatic rings. The van der Waals surface area contributed by atoms with E-state index >= 15 is 4.39 Å². The van der Waals surface area contributed by atoms with Gasteiger partial charge in [0.15, 0.2) is 5.67 Å². The number of alkyl halides is 1. The number of amides is 2. The van der Waals surface area contributed by atoms with E-state index in [1.165, 1.54) is 5.56 Å². The Morgan fingerprint density at radius 1 is 1.15 bits per heavy atom. The minimum atomic E-state index is -1.46. The van der Waals surface area contributed by atoms with Crippen molar-refractivity contribution in [1.29, 1.82) is 0 Å². The van der Waals surface area contributed by atoms with Crippen LogP contribution < -0.4 is 5.32 Å². The molecule has 1 saturated heterocycles. The number of aromatic nitrogens is 1. The molecular formula is C22H28FN3O. The van der Waals surface area contributed by atoms with Crippen LogP contribution in [0.1, 0.15) is 50.4 Å². The number of rotatable bonds is 2. The fraction of sp³-hybridized carbons (Fsp3) is 0.455. The first-order valence-electron chi connectivity index (χ1n) is 9.46. The Morgan fingerprint density at radius 3 is 2.33 bits per heavy atom. The molecule has 0 unspecified atom stereocenters. The number of anilines is 1. The number of halogens is 1. The monoisotopic (exact) mass is 369 g/mol. The highest BCUT2D eigenvalue weighted by Crippen LogP contribution is 2.37. The molecule has 0 aliphatic carbocycles. The first kappa shape index (κ1) is 19.3. The molecule has 0 saturated carbocycles. The van der Waals surface area contributed by atoms with E-state index in [0.29, 0.717) is 18.8 Å². The lowest BCUT2D eigenvalue weighted by Gasteiger charge is -2.36. The Balaban J connectivity index is 1.61. The zero-order valence-corrected chi connectivity index (χ0v) is 16.6. The van der Waals surface area contributed by atoms with Gasteiger partial charge in [-0.2, -0.15) is 0 Å². The summed E-state index contributed by atoms with van der Waals surface area (Å²) >= 11 is 0. The van der Waals surface area contributed by atoms with Gasteiger partial charge in [-0.3, -0.25) is 4.98 Å². The highest BCUT2D eigenvalue weighted by atomic mass is 19.1. The summed E-state index contributed by atoms with van der Waals surface area (Å²) in [7, 11) is 0. The lowest BCUT2D eigenvalue weighted by atomic mass is 9.87. The lowest BCUT2D eigenvalue weighted by molar-refractivity contribution is 0.0677. The second-order valence-electron chi connectivity index (χ2n) is 8.38. The van der Waals surface area contributed by atoms with Crippen molar-refractivity contribution in [3.63, 3.8) is 0 Å². The van der Waals surface area contributed by atoms with Crippen LogP contribution >= 0.6 is 0 Å². The second-order valence-corrected chi connectivity index (χ2v) is 8.38. The molecule has 5 heteroatoms. The number of nitrogens with one attached hydrogen (secondary N) is 1. The van der Waals surface area contributed by atoms with E-state index in [9.17, 15) is 4.79 Å². The SMILES string of the molecule is Cc1cccnc1C1(F)CCN(C(=O)Nc2ccc(C(C)(C)C)cc2)CC1. The van der Waals surface area contributed by atoms with Gasteiger partial charge in [-0.25, -0.2) is 9.18 Å². The number of pyridine rings is 1. The molecule has 0 radical (unpaired) electrons. The number of carbonyl (C=O) groups is 1. The smallest absolute Gasteiger partial charge is 0.321 e. The summed E-state index contributed by atoms with van der Waals surface area (Å²) in [6, 6.07) is 11.4. The number of nitrogens with zero attached hydrogens (tertiary/aromatic N) is 2. The lowest BCUT2D eigenvalue weighted by Crippen LogP contribution is -2.45. The van der Waals surface area contributed by atoms with Crippen molar-refractivity contribution in [2.45, 2.75) is 51.6 Å². The summed E-state index contributed by atoms with van der Waals surface area (Å²) in [6.07, 6.45) is 2.16. The molecule has 3 rings (SSSR count). The topological polar surface area (TPSA) is 45.2 Å². The van der Waals surface area contributed by atoms with Crippen LogP contribution in [0.15, 0.2) is 42.6 Å². The normalized spacial score (nSPS) is 16.9. The largest absolute Gasteiger partial charge is 0.324 e. The Labute approximate surface area is 160 Å². The van der Waals surface area contributed by atoms with E-state index in [4.69, 9.17) is 0 Å². The number of hydrogen-bond acceptors (Lipinski definition) is 2. The molecule has 1 aromatic heterocycles. The molecule has 2 amide bonds. The Kier molecular flexibility index (Phi) is 5.22. The molecule has 0 spiro atoms. The van der Waals surface area contributed by atoms with Gasteiger partial charge in [0.05, 0.1) is 5.69 Å². The van der Waals surface area contributed by atoms with Gasteiger partial charge in [0.1, 0.15) is 0 Å². The summed E-state index contributed by atoms with van der Waals surface area (Å²) in [5, 5.41) is 2.92. The third-order valence-electron chi connectivity index (χ3n) is 5.28. The van der Waals surface area contributed by atoms with Crippen LogP contribution in [0.25, 0.3) is 0 Å². The predicted octanol–water partition coefficient (Wildman–Crippen LogP) is 5.18. The first-order valence-corrected chi connectivity index (χ1v) is 9.46. The summed E-state index contributed by atoms with van der Waals surface area (Å²) < 4.78 is 15.4.